The van der Waals surface area contributed by atoms with E-state index in [2.05, 4.69) is 16.0 Å². The van der Waals surface area contributed by atoms with Crippen LogP contribution in [0.5, 0.6) is 0 Å². The standard InChI is InChI=1S/C25H24N4O4/c1-16-5-7-18(8-6-16)25(31)28-21-4-2-3-17(13-21)15-26-24(30)19-9-12-22(27-20-10-11-20)23(14-19)29(32)33/h2-9,12-14,20,27H,10-11,15H2,1H3,(H,26,30)(H,28,31). The average molecular weight is 444 g/mol. The third-order valence-electron chi connectivity index (χ3n) is 5.35. The molecule has 4 rings (SSSR count). The molecule has 0 unspecified atom stereocenters. The van der Waals surface area contributed by atoms with Gasteiger partial charge in [-0.3, -0.25) is 19.7 Å². The number of hydrogen-bond acceptors (Lipinski definition) is 5. The fraction of sp³-hybridized carbons (Fsp3) is 0.200. The predicted molar refractivity (Wildman–Crippen MR) is 126 cm³/mol. The van der Waals surface area contributed by atoms with Crippen LogP contribution in [0.4, 0.5) is 17.1 Å². The number of nitrogens with zero attached hydrogens (tertiary/aromatic N) is 1. The highest BCUT2D eigenvalue weighted by Gasteiger charge is 2.25. The van der Waals surface area contributed by atoms with Crippen molar-refractivity contribution in [1.82, 2.24) is 5.32 Å². The summed E-state index contributed by atoms with van der Waals surface area (Å²) < 4.78 is 0. The first kappa shape index (κ1) is 22.0. The van der Waals surface area contributed by atoms with Crippen molar-refractivity contribution in [3.05, 3.63) is 99.1 Å². The lowest BCUT2D eigenvalue weighted by atomic mass is 10.1. The first-order valence-electron chi connectivity index (χ1n) is 10.7. The molecular weight excluding hydrogens is 420 g/mol. The number of nitro groups is 1. The van der Waals surface area contributed by atoms with Crippen LogP contribution in [0.2, 0.25) is 0 Å². The van der Waals surface area contributed by atoms with Crippen LogP contribution in [0.3, 0.4) is 0 Å². The number of benzene rings is 3. The van der Waals surface area contributed by atoms with E-state index in [9.17, 15) is 19.7 Å². The molecule has 0 radical (unpaired) electrons. The van der Waals surface area contributed by atoms with Crippen molar-refractivity contribution >= 4 is 28.9 Å². The molecule has 0 spiro atoms. The van der Waals surface area contributed by atoms with Gasteiger partial charge >= 0.3 is 0 Å². The minimum absolute atomic E-state index is 0.115. The number of hydrogen-bond donors (Lipinski definition) is 3. The van der Waals surface area contributed by atoms with Gasteiger partial charge in [0.2, 0.25) is 0 Å². The van der Waals surface area contributed by atoms with Crippen molar-refractivity contribution in [3.8, 4) is 0 Å². The van der Waals surface area contributed by atoms with Crippen LogP contribution in [0, 0.1) is 17.0 Å². The molecule has 0 saturated heterocycles. The molecule has 168 valence electrons. The second kappa shape index (κ2) is 9.52. The molecule has 0 bridgehead atoms. The summed E-state index contributed by atoms with van der Waals surface area (Å²) in [6.07, 6.45) is 1.98. The van der Waals surface area contributed by atoms with E-state index in [1.807, 2.05) is 25.1 Å². The molecule has 1 fully saturated rings. The fourth-order valence-electron chi connectivity index (χ4n) is 3.35. The molecule has 3 aromatic carbocycles. The van der Waals surface area contributed by atoms with Gasteiger partial charge in [-0.05, 0) is 61.7 Å². The molecule has 0 aliphatic heterocycles. The summed E-state index contributed by atoms with van der Waals surface area (Å²) in [5.74, 6) is -0.631. The molecule has 33 heavy (non-hydrogen) atoms. The Bertz CT molecular complexity index is 1200. The van der Waals surface area contributed by atoms with Crippen LogP contribution in [-0.2, 0) is 6.54 Å². The summed E-state index contributed by atoms with van der Waals surface area (Å²) in [6.45, 7) is 2.17. The summed E-state index contributed by atoms with van der Waals surface area (Å²) in [4.78, 5) is 36.0. The summed E-state index contributed by atoms with van der Waals surface area (Å²) in [7, 11) is 0. The number of carbonyl (C=O) groups is 2. The van der Waals surface area contributed by atoms with Crippen LogP contribution in [0.25, 0.3) is 0 Å². The molecule has 1 aliphatic carbocycles. The highest BCUT2D eigenvalue weighted by atomic mass is 16.6. The van der Waals surface area contributed by atoms with E-state index in [0.717, 1.165) is 24.0 Å². The molecule has 0 aromatic heterocycles. The monoisotopic (exact) mass is 444 g/mol. The third-order valence-corrected chi connectivity index (χ3v) is 5.35. The zero-order valence-corrected chi connectivity index (χ0v) is 18.1. The van der Waals surface area contributed by atoms with Gasteiger partial charge in [-0.15, -0.1) is 0 Å². The normalized spacial score (nSPS) is 12.6. The van der Waals surface area contributed by atoms with Gasteiger partial charge in [-0.2, -0.15) is 0 Å². The second-order valence-electron chi connectivity index (χ2n) is 8.11. The van der Waals surface area contributed by atoms with Gasteiger partial charge in [0.25, 0.3) is 17.5 Å². The van der Waals surface area contributed by atoms with Crippen molar-refractivity contribution in [2.45, 2.75) is 32.4 Å². The van der Waals surface area contributed by atoms with E-state index in [0.29, 0.717) is 16.9 Å². The van der Waals surface area contributed by atoms with Crippen molar-refractivity contribution in [2.75, 3.05) is 10.6 Å². The van der Waals surface area contributed by atoms with Gasteiger partial charge in [0, 0.05) is 35.5 Å². The Labute approximate surface area is 191 Å². The Hall–Kier alpha value is -4.20. The maximum absolute atomic E-state index is 12.6. The molecule has 3 N–H and O–H groups in total. The lowest BCUT2D eigenvalue weighted by Crippen LogP contribution is -2.23. The van der Waals surface area contributed by atoms with Gasteiger partial charge in [-0.25, -0.2) is 0 Å². The summed E-state index contributed by atoms with van der Waals surface area (Å²) in [6, 6.07) is 19.1. The van der Waals surface area contributed by atoms with Gasteiger partial charge in [-0.1, -0.05) is 29.8 Å². The maximum Gasteiger partial charge on any atom is 0.293 e. The molecule has 3 aromatic rings. The second-order valence-corrected chi connectivity index (χ2v) is 8.11. The van der Waals surface area contributed by atoms with E-state index < -0.39 is 10.8 Å². The lowest BCUT2D eigenvalue weighted by Gasteiger charge is -2.10. The number of nitrogens with one attached hydrogen (secondary N) is 3. The molecule has 2 amide bonds. The quantitative estimate of drug-likeness (QED) is 0.345. The van der Waals surface area contributed by atoms with E-state index in [-0.39, 0.29) is 29.7 Å². The Kier molecular flexibility index (Phi) is 6.35. The molecular formula is C25H24N4O4. The highest BCUT2D eigenvalue weighted by Crippen LogP contribution is 2.31. The van der Waals surface area contributed by atoms with E-state index in [1.165, 1.54) is 6.07 Å². The van der Waals surface area contributed by atoms with Gasteiger partial charge in [0.1, 0.15) is 5.69 Å². The highest BCUT2D eigenvalue weighted by molar-refractivity contribution is 6.04. The zero-order valence-electron chi connectivity index (χ0n) is 18.1. The maximum atomic E-state index is 12.6. The van der Waals surface area contributed by atoms with Crippen molar-refractivity contribution in [3.63, 3.8) is 0 Å². The van der Waals surface area contributed by atoms with Crippen molar-refractivity contribution < 1.29 is 14.5 Å². The van der Waals surface area contributed by atoms with Crippen LogP contribution in [0.15, 0.2) is 66.7 Å². The lowest BCUT2D eigenvalue weighted by molar-refractivity contribution is -0.384. The van der Waals surface area contributed by atoms with Crippen LogP contribution < -0.4 is 16.0 Å². The van der Waals surface area contributed by atoms with Crippen LogP contribution >= 0.6 is 0 Å². The van der Waals surface area contributed by atoms with Crippen molar-refractivity contribution in [1.29, 1.82) is 0 Å². The van der Waals surface area contributed by atoms with Gasteiger partial charge < -0.3 is 16.0 Å². The number of anilines is 2. The van der Waals surface area contributed by atoms with E-state index in [1.54, 1.807) is 42.5 Å². The number of carbonyl (C=O) groups excluding carboxylic acids is 2. The molecule has 8 nitrogen and oxygen atoms in total. The fourth-order valence-corrected chi connectivity index (χ4v) is 3.35. The van der Waals surface area contributed by atoms with Crippen LogP contribution in [0.1, 0.15) is 44.7 Å². The molecule has 8 heteroatoms. The van der Waals surface area contributed by atoms with Crippen molar-refractivity contribution in [2.24, 2.45) is 0 Å². The Balaban J connectivity index is 1.39. The minimum Gasteiger partial charge on any atom is -0.377 e. The molecule has 0 atom stereocenters. The SMILES string of the molecule is Cc1ccc(C(=O)Nc2cccc(CNC(=O)c3ccc(NC4CC4)c([N+](=O)[O-])c3)c2)cc1. The molecule has 1 aliphatic rings. The van der Waals surface area contributed by atoms with E-state index in [4.69, 9.17) is 0 Å². The Morgan fingerprint density at radius 2 is 1.70 bits per heavy atom. The smallest absolute Gasteiger partial charge is 0.293 e. The first-order valence-corrected chi connectivity index (χ1v) is 10.7. The Morgan fingerprint density at radius 1 is 0.970 bits per heavy atom. The largest absolute Gasteiger partial charge is 0.377 e. The van der Waals surface area contributed by atoms with Crippen LogP contribution in [-0.4, -0.2) is 22.8 Å². The number of rotatable bonds is 8. The predicted octanol–water partition coefficient (Wildman–Crippen LogP) is 4.66. The first-order chi connectivity index (χ1) is 15.9. The summed E-state index contributed by atoms with van der Waals surface area (Å²) in [5, 5.41) is 20.2. The number of amides is 2. The third kappa shape index (κ3) is 5.74. The van der Waals surface area contributed by atoms with Gasteiger partial charge in [0.05, 0.1) is 4.92 Å². The summed E-state index contributed by atoms with van der Waals surface area (Å²) in [5.41, 5.74) is 3.55. The molecule has 1 saturated carbocycles. The summed E-state index contributed by atoms with van der Waals surface area (Å²) >= 11 is 0. The minimum atomic E-state index is -0.484. The van der Waals surface area contributed by atoms with Gasteiger partial charge in [0.15, 0.2) is 0 Å². The topological polar surface area (TPSA) is 113 Å². The molecule has 0 heterocycles. The Morgan fingerprint density at radius 3 is 2.39 bits per heavy atom. The zero-order chi connectivity index (χ0) is 23.4. The number of aryl methyl sites for hydroxylation is 1. The van der Waals surface area contributed by atoms with E-state index >= 15 is 0 Å². The number of nitro benzene ring substituents is 1. The average Bonchev–Trinajstić information content (AvgIpc) is 3.62.